The number of H-pyrrole nitrogens is 1. The first-order valence-electron chi connectivity index (χ1n) is 5.22. The monoisotopic (exact) mass is 253 g/mol. The van der Waals surface area contributed by atoms with Gasteiger partial charge in [-0.15, -0.1) is 0 Å². The molecule has 0 saturated carbocycles. The second-order valence-electron chi connectivity index (χ2n) is 3.84. The Labute approximate surface area is 102 Å². The van der Waals surface area contributed by atoms with Crippen LogP contribution in [-0.4, -0.2) is 19.9 Å². The Morgan fingerprint density at radius 3 is 2.89 bits per heavy atom. The van der Waals surface area contributed by atoms with E-state index < -0.39 is 11.6 Å². The molecule has 1 heterocycles. The lowest BCUT2D eigenvalue weighted by atomic mass is 10.2. The third-order valence-corrected chi connectivity index (χ3v) is 2.60. The van der Waals surface area contributed by atoms with Crippen LogP contribution in [0.4, 0.5) is 4.39 Å². The highest BCUT2D eigenvalue weighted by molar-refractivity contribution is 5.42. The van der Waals surface area contributed by atoms with Crippen LogP contribution in [0, 0.1) is 12.7 Å². The van der Waals surface area contributed by atoms with Crippen molar-refractivity contribution < 1.29 is 14.2 Å². The topological polar surface area (TPSA) is 80.1 Å². The van der Waals surface area contributed by atoms with Gasteiger partial charge in [0.05, 0.1) is 0 Å². The molecular weight excluding hydrogens is 241 g/mol. The van der Waals surface area contributed by atoms with Crippen LogP contribution in [0.1, 0.15) is 11.4 Å². The molecule has 0 fully saturated rings. The zero-order valence-electron chi connectivity index (χ0n) is 9.90. The SMILES string of the molecule is Cc1ccc(OCc2n[nH]c(=O)n2C)c(O)c1F. The quantitative estimate of drug-likeness (QED) is 0.849. The van der Waals surface area contributed by atoms with Crippen LogP contribution >= 0.6 is 0 Å². The Balaban J connectivity index is 2.19. The fourth-order valence-corrected chi connectivity index (χ4v) is 1.42. The van der Waals surface area contributed by atoms with Gasteiger partial charge in [-0.3, -0.25) is 4.57 Å². The highest BCUT2D eigenvalue weighted by Crippen LogP contribution is 2.31. The first-order chi connectivity index (χ1) is 8.50. The lowest BCUT2D eigenvalue weighted by Gasteiger charge is -2.08. The van der Waals surface area contributed by atoms with Crippen molar-refractivity contribution in [2.75, 3.05) is 0 Å². The van der Waals surface area contributed by atoms with Gasteiger partial charge < -0.3 is 9.84 Å². The number of phenolic OH excluding ortho intramolecular Hbond substituents is 1. The van der Waals surface area contributed by atoms with Crippen LogP contribution in [0.3, 0.4) is 0 Å². The zero-order chi connectivity index (χ0) is 13.3. The summed E-state index contributed by atoms with van der Waals surface area (Å²) in [5.74, 6) is -0.909. The predicted octanol–water partition coefficient (Wildman–Crippen LogP) is 0.841. The van der Waals surface area contributed by atoms with E-state index in [0.29, 0.717) is 11.4 Å². The second-order valence-corrected chi connectivity index (χ2v) is 3.84. The lowest BCUT2D eigenvalue weighted by Crippen LogP contribution is -2.15. The molecule has 7 heteroatoms. The van der Waals surface area contributed by atoms with Gasteiger partial charge in [0, 0.05) is 7.05 Å². The van der Waals surface area contributed by atoms with Gasteiger partial charge in [-0.1, -0.05) is 6.07 Å². The fourth-order valence-electron chi connectivity index (χ4n) is 1.42. The van der Waals surface area contributed by atoms with Gasteiger partial charge >= 0.3 is 5.69 Å². The minimum absolute atomic E-state index is 0.00792. The molecule has 0 amide bonds. The van der Waals surface area contributed by atoms with Gasteiger partial charge in [0.1, 0.15) is 6.61 Å². The highest BCUT2D eigenvalue weighted by Gasteiger charge is 2.12. The van der Waals surface area contributed by atoms with E-state index in [-0.39, 0.29) is 18.0 Å². The Morgan fingerprint density at radius 1 is 1.56 bits per heavy atom. The smallest absolute Gasteiger partial charge is 0.343 e. The van der Waals surface area contributed by atoms with Gasteiger partial charge in [0.15, 0.2) is 23.1 Å². The molecule has 0 saturated heterocycles. The molecule has 0 atom stereocenters. The van der Waals surface area contributed by atoms with Crippen LogP contribution in [0.2, 0.25) is 0 Å². The number of ether oxygens (including phenoxy) is 1. The predicted molar refractivity (Wildman–Crippen MR) is 61.0 cm³/mol. The number of nitrogens with zero attached hydrogens (tertiary/aromatic N) is 2. The first-order valence-corrected chi connectivity index (χ1v) is 5.22. The minimum atomic E-state index is -0.719. The Kier molecular flexibility index (Phi) is 3.05. The summed E-state index contributed by atoms with van der Waals surface area (Å²) in [5, 5.41) is 15.5. The summed E-state index contributed by atoms with van der Waals surface area (Å²) < 4.78 is 19.9. The number of aromatic amines is 1. The van der Waals surface area contributed by atoms with E-state index in [4.69, 9.17) is 4.74 Å². The van der Waals surface area contributed by atoms with Gasteiger partial charge in [0.2, 0.25) is 0 Å². The second kappa shape index (κ2) is 4.52. The van der Waals surface area contributed by atoms with Crippen molar-refractivity contribution >= 4 is 0 Å². The number of aromatic hydroxyl groups is 1. The molecular formula is C11H12FN3O3. The molecule has 96 valence electrons. The maximum atomic E-state index is 13.4. The Morgan fingerprint density at radius 2 is 2.28 bits per heavy atom. The van der Waals surface area contributed by atoms with Crippen molar-refractivity contribution in [1.29, 1.82) is 0 Å². The van der Waals surface area contributed by atoms with E-state index in [2.05, 4.69) is 10.2 Å². The highest BCUT2D eigenvalue weighted by atomic mass is 19.1. The molecule has 1 aromatic heterocycles. The van der Waals surface area contributed by atoms with Crippen molar-refractivity contribution in [2.24, 2.45) is 7.05 Å². The van der Waals surface area contributed by atoms with Gasteiger partial charge in [0.25, 0.3) is 0 Å². The molecule has 1 aromatic carbocycles. The number of hydrogen-bond donors (Lipinski definition) is 2. The summed E-state index contributed by atoms with van der Waals surface area (Å²) in [6.45, 7) is 1.49. The van der Waals surface area contributed by atoms with Crippen molar-refractivity contribution in [1.82, 2.24) is 14.8 Å². The minimum Gasteiger partial charge on any atom is -0.502 e. The third-order valence-electron chi connectivity index (χ3n) is 2.60. The molecule has 2 N–H and O–H groups in total. The van der Waals surface area contributed by atoms with Gasteiger partial charge in [-0.2, -0.15) is 5.10 Å². The number of aromatic nitrogens is 3. The number of aryl methyl sites for hydroxylation is 1. The number of phenols is 1. The summed E-state index contributed by atoms with van der Waals surface area (Å²) in [5.41, 5.74) is -0.0417. The van der Waals surface area contributed by atoms with Crippen LogP contribution in [0.25, 0.3) is 0 Å². The standard InChI is InChI=1S/C11H12FN3O3/c1-6-3-4-7(10(16)9(6)12)18-5-8-13-14-11(17)15(8)2/h3-4,16H,5H2,1-2H3,(H,14,17). The van der Waals surface area contributed by atoms with Crippen LogP contribution in [-0.2, 0) is 13.7 Å². The van der Waals surface area contributed by atoms with Gasteiger partial charge in [-0.05, 0) is 18.6 Å². The number of hydrogen-bond acceptors (Lipinski definition) is 4. The van der Waals surface area contributed by atoms with Gasteiger partial charge in [-0.25, -0.2) is 14.3 Å². The molecule has 0 aliphatic heterocycles. The maximum absolute atomic E-state index is 13.4. The summed E-state index contributed by atoms with van der Waals surface area (Å²) in [6, 6.07) is 2.95. The number of halogens is 1. The van der Waals surface area contributed by atoms with Crippen LogP contribution in [0.15, 0.2) is 16.9 Å². The summed E-state index contributed by atoms with van der Waals surface area (Å²) in [7, 11) is 1.53. The van der Waals surface area contributed by atoms with Crippen LogP contribution in [0.5, 0.6) is 11.5 Å². The number of benzene rings is 1. The van der Waals surface area contributed by atoms with Crippen molar-refractivity contribution in [3.8, 4) is 11.5 Å². The molecule has 0 aliphatic carbocycles. The van der Waals surface area contributed by atoms with E-state index in [1.165, 1.54) is 30.7 Å². The Hall–Kier alpha value is -2.31. The fraction of sp³-hybridized carbons (Fsp3) is 0.273. The molecule has 0 unspecified atom stereocenters. The molecule has 2 rings (SSSR count). The summed E-state index contributed by atoms with van der Waals surface area (Å²) >= 11 is 0. The summed E-state index contributed by atoms with van der Waals surface area (Å²) in [6.07, 6.45) is 0. The normalized spacial score (nSPS) is 10.6. The third kappa shape index (κ3) is 2.06. The lowest BCUT2D eigenvalue weighted by molar-refractivity contribution is 0.271. The van der Waals surface area contributed by atoms with Crippen LogP contribution < -0.4 is 10.4 Å². The Bertz CT molecular complexity index is 633. The molecule has 0 bridgehead atoms. The average Bonchev–Trinajstić information content (AvgIpc) is 2.67. The molecule has 0 spiro atoms. The molecule has 2 aromatic rings. The zero-order valence-corrected chi connectivity index (χ0v) is 9.90. The van der Waals surface area contributed by atoms with E-state index >= 15 is 0 Å². The average molecular weight is 253 g/mol. The van der Waals surface area contributed by atoms with Crippen molar-refractivity contribution in [2.45, 2.75) is 13.5 Å². The van der Waals surface area contributed by atoms with E-state index in [9.17, 15) is 14.3 Å². The van der Waals surface area contributed by atoms with Crippen molar-refractivity contribution in [3.63, 3.8) is 0 Å². The molecule has 18 heavy (non-hydrogen) atoms. The molecule has 0 aliphatic rings. The van der Waals surface area contributed by atoms with Crippen molar-refractivity contribution in [3.05, 3.63) is 39.8 Å². The molecule has 0 radical (unpaired) electrons. The summed E-state index contributed by atoms with van der Waals surface area (Å²) in [4.78, 5) is 11.1. The van der Waals surface area contributed by atoms with E-state index in [1.807, 2.05) is 0 Å². The number of nitrogens with one attached hydrogen (secondary N) is 1. The largest absolute Gasteiger partial charge is 0.502 e. The van der Waals surface area contributed by atoms with E-state index in [1.54, 1.807) is 0 Å². The maximum Gasteiger partial charge on any atom is 0.343 e. The van der Waals surface area contributed by atoms with E-state index in [0.717, 1.165) is 0 Å². The number of rotatable bonds is 3. The molecule has 6 nitrogen and oxygen atoms in total. The first kappa shape index (κ1) is 12.2.